The van der Waals surface area contributed by atoms with Crippen LogP contribution in [-0.4, -0.2) is 16.8 Å². The Kier molecular flexibility index (Phi) is 3.92. The Morgan fingerprint density at radius 2 is 2.00 bits per heavy atom. The molecule has 0 aliphatic carbocycles. The van der Waals surface area contributed by atoms with Gasteiger partial charge in [0.25, 0.3) is 0 Å². The number of anilines is 2. The van der Waals surface area contributed by atoms with Crippen LogP contribution in [0.2, 0.25) is 0 Å². The van der Waals surface area contributed by atoms with Crippen molar-refractivity contribution in [1.29, 1.82) is 0 Å². The van der Waals surface area contributed by atoms with Gasteiger partial charge in [-0.15, -0.1) is 0 Å². The Morgan fingerprint density at radius 3 is 2.63 bits per heavy atom. The van der Waals surface area contributed by atoms with Crippen molar-refractivity contribution in [2.75, 3.05) is 10.6 Å². The number of carbonyl (C=O) groups is 2. The summed E-state index contributed by atoms with van der Waals surface area (Å²) in [5.74, 6) is -0.361. The van der Waals surface area contributed by atoms with Gasteiger partial charge in [-0.25, -0.2) is 4.98 Å². The molecule has 2 amide bonds. The molecule has 2 rings (SSSR count). The summed E-state index contributed by atoms with van der Waals surface area (Å²) in [4.78, 5) is 26.5. The molecule has 0 atom stereocenters. The molecule has 0 saturated heterocycles. The summed E-state index contributed by atoms with van der Waals surface area (Å²) in [5.41, 5.74) is 1.81. The van der Waals surface area contributed by atoms with Gasteiger partial charge in [0.15, 0.2) is 6.39 Å². The summed E-state index contributed by atoms with van der Waals surface area (Å²) in [7, 11) is 0. The maximum atomic E-state index is 11.7. The van der Waals surface area contributed by atoms with Crippen LogP contribution in [0.5, 0.6) is 0 Å². The Balaban J connectivity index is 1.98. The van der Waals surface area contributed by atoms with Crippen molar-refractivity contribution in [2.24, 2.45) is 0 Å². The van der Waals surface area contributed by atoms with Crippen molar-refractivity contribution in [3.8, 4) is 0 Å². The van der Waals surface area contributed by atoms with Crippen LogP contribution >= 0.6 is 0 Å². The molecule has 6 heteroatoms. The van der Waals surface area contributed by atoms with E-state index >= 15 is 0 Å². The second-order valence-corrected chi connectivity index (χ2v) is 3.97. The molecule has 0 bridgehead atoms. The molecule has 1 aromatic carbocycles. The van der Waals surface area contributed by atoms with E-state index in [1.165, 1.54) is 19.6 Å². The van der Waals surface area contributed by atoms with Crippen molar-refractivity contribution >= 4 is 23.2 Å². The van der Waals surface area contributed by atoms with Crippen molar-refractivity contribution in [3.05, 3.63) is 42.6 Å². The molecule has 19 heavy (non-hydrogen) atoms. The number of hydrogen-bond donors (Lipinski definition) is 2. The van der Waals surface area contributed by atoms with Crippen molar-refractivity contribution in [3.63, 3.8) is 0 Å². The molecule has 0 fully saturated rings. The molecule has 0 spiro atoms. The van der Waals surface area contributed by atoms with Crippen molar-refractivity contribution in [1.82, 2.24) is 4.98 Å². The molecule has 2 aromatic rings. The number of hydrogen-bond acceptors (Lipinski definition) is 4. The summed E-state index contributed by atoms with van der Waals surface area (Å²) >= 11 is 0. The fraction of sp³-hybridized carbons (Fsp3) is 0.154. The molecule has 6 nitrogen and oxygen atoms in total. The zero-order valence-electron chi connectivity index (χ0n) is 10.3. The highest BCUT2D eigenvalue weighted by Gasteiger charge is 2.06. The molecule has 1 heterocycles. The van der Waals surface area contributed by atoms with Crippen LogP contribution in [0.25, 0.3) is 0 Å². The third kappa shape index (κ3) is 3.95. The van der Waals surface area contributed by atoms with Crippen LogP contribution in [0.4, 0.5) is 11.4 Å². The Bertz CT molecular complexity index is 579. The van der Waals surface area contributed by atoms with E-state index in [4.69, 9.17) is 4.42 Å². The number of nitrogens with zero attached hydrogens (tertiary/aromatic N) is 1. The normalized spacial score (nSPS) is 9.95. The lowest BCUT2D eigenvalue weighted by molar-refractivity contribution is -0.116. The van der Waals surface area contributed by atoms with Crippen LogP contribution < -0.4 is 10.6 Å². The zero-order chi connectivity index (χ0) is 13.7. The first-order chi connectivity index (χ1) is 9.13. The van der Waals surface area contributed by atoms with Crippen molar-refractivity contribution < 1.29 is 14.0 Å². The van der Waals surface area contributed by atoms with Gasteiger partial charge >= 0.3 is 0 Å². The SMILES string of the molecule is CC(=O)Nc1cccc(NC(=O)Cc2cocn2)c1. The van der Waals surface area contributed by atoms with Crippen LogP contribution in [0, 0.1) is 0 Å². The van der Waals surface area contributed by atoms with Gasteiger partial charge in [-0.3, -0.25) is 9.59 Å². The van der Waals surface area contributed by atoms with Crippen LogP contribution in [0.1, 0.15) is 12.6 Å². The molecular weight excluding hydrogens is 246 g/mol. The Hall–Kier alpha value is -2.63. The first-order valence-corrected chi connectivity index (χ1v) is 5.68. The lowest BCUT2D eigenvalue weighted by atomic mass is 10.2. The first kappa shape index (κ1) is 12.8. The summed E-state index contributed by atoms with van der Waals surface area (Å²) in [5, 5.41) is 5.37. The highest BCUT2D eigenvalue weighted by molar-refractivity contribution is 5.94. The third-order valence-electron chi connectivity index (χ3n) is 2.29. The number of benzene rings is 1. The van der Waals surface area contributed by atoms with Crippen molar-refractivity contribution in [2.45, 2.75) is 13.3 Å². The van der Waals surface area contributed by atoms with Crippen LogP contribution in [0.3, 0.4) is 0 Å². The predicted octanol–water partition coefficient (Wildman–Crippen LogP) is 1.81. The summed E-state index contributed by atoms with van der Waals surface area (Å²) in [6.07, 6.45) is 2.84. The number of nitrogens with one attached hydrogen (secondary N) is 2. The standard InChI is InChI=1S/C13H13N3O3/c1-9(17)15-10-3-2-4-11(5-10)16-13(18)6-12-7-19-8-14-12/h2-5,7-8H,6H2,1H3,(H,15,17)(H,16,18). The first-order valence-electron chi connectivity index (χ1n) is 5.68. The Morgan fingerprint density at radius 1 is 1.26 bits per heavy atom. The maximum absolute atomic E-state index is 11.7. The van der Waals surface area contributed by atoms with Gasteiger partial charge in [0.05, 0.1) is 12.1 Å². The minimum Gasteiger partial charge on any atom is -0.451 e. The molecule has 1 aromatic heterocycles. The highest BCUT2D eigenvalue weighted by atomic mass is 16.3. The second kappa shape index (κ2) is 5.81. The van der Waals surface area contributed by atoms with Gasteiger partial charge in [-0.2, -0.15) is 0 Å². The zero-order valence-corrected chi connectivity index (χ0v) is 10.3. The molecule has 0 aliphatic heterocycles. The average Bonchev–Trinajstić information content (AvgIpc) is 2.81. The van der Waals surface area contributed by atoms with E-state index in [9.17, 15) is 9.59 Å². The van der Waals surface area contributed by atoms with E-state index in [-0.39, 0.29) is 18.2 Å². The van der Waals surface area contributed by atoms with Gasteiger partial charge in [0, 0.05) is 18.3 Å². The van der Waals surface area contributed by atoms with Crippen LogP contribution in [0.15, 0.2) is 41.3 Å². The number of amides is 2. The number of rotatable bonds is 4. The summed E-state index contributed by atoms with van der Waals surface area (Å²) < 4.78 is 4.79. The fourth-order valence-corrected chi connectivity index (χ4v) is 1.57. The third-order valence-corrected chi connectivity index (χ3v) is 2.29. The lowest BCUT2D eigenvalue weighted by Crippen LogP contribution is -2.15. The summed E-state index contributed by atoms with van der Waals surface area (Å²) in [6.45, 7) is 1.43. The summed E-state index contributed by atoms with van der Waals surface area (Å²) in [6, 6.07) is 6.92. The van der Waals surface area contributed by atoms with Gasteiger partial charge in [0.1, 0.15) is 6.26 Å². The average molecular weight is 259 g/mol. The molecule has 0 saturated carbocycles. The second-order valence-electron chi connectivity index (χ2n) is 3.97. The van der Waals surface area contributed by atoms with E-state index in [2.05, 4.69) is 15.6 Å². The maximum Gasteiger partial charge on any atom is 0.230 e. The van der Waals surface area contributed by atoms with E-state index < -0.39 is 0 Å². The topological polar surface area (TPSA) is 84.2 Å². The molecule has 0 radical (unpaired) electrons. The number of oxazole rings is 1. The van der Waals surface area contributed by atoms with Gasteiger partial charge in [-0.05, 0) is 18.2 Å². The van der Waals surface area contributed by atoms with E-state index in [0.717, 1.165) is 0 Å². The molecular formula is C13H13N3O3. The van der Waals surface area contributed by atoms with Gasteiger partial charge in [0.2, 0.25) is 11.8 Å². The van der Waals surface area contributed by atoms with E-state index in [1.54, 1.807) is 24.3 Å². The van der Waals surface area contributed by atoms with E-state index in [0.29, 0.717) is 17.1 Å². The van der Waals surface area contributed by atoms with Gasteiger partial charge < -0.3 is 15.1 Å². The minimum atomic E-state index is -0.200. The quantitative estimate of drug-likeness (QED) is 0.877. The lowest BCUT2D eigenvalue weighted by Gasteiger charge is -2.07. The highest BCUT2D eigenvalue weighted by Crippen LogP contribution is 2.15. The fourth-order valence-electron chi connectivity index (χ4n) is 1.57. The van der Waals surface area contributed by atoms with Gasteiger partial charge in [-0.1, -0.05) is 6.07 Å². The number of aromatic nitrogens is 1. The molecule has 0 unspecified atom stereocenters. The smallest absolute Gasteiger partial charge is 0.230 e. The van der Waals surface area contributed by atoms with Crippen LogP contribution in [-0.2, 0) is 16.0 Å². The van der Waals surface area contributed by atoms with E-state index in [1.807, 2.05) is 0 Å². The molecule has 2 N–H and O–H groups in total. The molecule has 0 aliphatic rings. The minimum absolute atomic E-state index is 0.140. The Labute approximate surface area is 109 Å². The molecule has 98 valence electrons. The predicted molar refractivity (Wildman–Crippen MR) is 69.6 cm³/mol. The monoisotopic (exact) mass is 259 g/mol. The number of carbonyl (C=O) groups excluding carboxylic acids is 2. The largest absolute Gasteiger partial charge is 0.451 e.